The van der Waals surface area contributed by atoms with Crippen molar-refractivity contribution in [3.8, 4) is 11.5 Å². The number of aliphatic hydroxyl groups excluding tert-OH is 1. The summed E-state index contributed by atoms with van der Waals surface area (Å²) in [7, 11) is 4.72. The Bertz CT molecular complexity index is 763. The molecule has 0 fully saturated rings. The van der Waals surface area contributed by atoms with E-state index in [0.29, 0.717) is 23.5 Å². The molecule has 6 heteroatoms. The van der Waals surface area contributed by atoms with Crippen molar-refractivity contribution < 1.29 is 23.8 Å². The number of benzene rings is 2. The summed E-state index contributed by atoms with van der Waals surface area (Å²) in [4.78, 5) is 14.3. The van der Waals surface area contributed by atoms with Crippen molar-refractivity contribution in [2.45, 2.75) is 25.4 Å². The topological polar surface area (TPSA) is 59.0 Å². The average Bonchev–Trinajstić information content (AvgIpc) is 2.69. The van der Waals surface area contributed by atoms with Crippen LogP contribution in [-0.4, -0.2) is 43.7 Å². The smallest absolute Gasteiger partial charge is 0.229 e. The minimum Gasteiger partial charge on any atom is -0.493 e. The minimum absolute atomic E-state index is 0.122. The van der Waals surface area contributed by atoms with Gasteiger partial charge in [0.25, 0.3) is 0 Å². The van der Waals surface area contributed by atoms with Crippen LogP contribution in [0.3, 0.4) is 0 Å². The van der Waals surface area contributed by atoms with Crippen LogP contribution in [0.4, 0.5) is 4.39 Å². The summed E-state index contributed by atoms with van der Waals surface area (Å²) in [5.74, 6) is 0.246. The predicted octanol–water partition coefficient (Wildman–Crippen LogP) is 3.53. The fourth-order valence-corrected chi connectivity index (χ4v) is 3.03. The van der Waals surface area contributed by atoms with Gasteiger partial charge in [-0.15, -0.1) is 0 Å². The fraction of sp³-hybridized carbons (Fsp3) is 0.381. The molecule has 2 atom stereocenters. The van der Waals surface area contributed by atoms with Gasteiger partial charge in [0.1, 0.15) is 5.82 Å². The highest BCUT2D eigenvalue weighted by molar-refractivity contribution is 5.83. The number of aliphatic hydroxyl groups is 1. The Labute approximate surface area is 159 Å². The standard InChI is InChI=1S/C21H26FNO4/c1-5-17(14-6-9-16(22)10-7-14)21(25)23(2)13-18(24)15-8-11-19(26-3)20(12-15)27-4/h6-12,17-18,24H,5,13H2,1-4H3. The first-order valence-electron chi connectivity index (χ1n) is 8.81. The number of amides is 1. The number of ether oxygens (including phenoxy) is 2. The van der Waals surface area contributed by atoms with Crippen molar-refractivity contribution in [1.29, 1.82) is 0 Å². The molecule has 0 saturated heterocycles. The first-order chi connectivity index (χ1) is 12.9. The maximum absolute atomic E-state index is 13.1. The van der Waals surface area contributed by atoms with Crippen LogP contribution in [0.5, 0.6) is 11.5 Å². The summed E-state index contributed by atoms with van der Waals surface area (Å²) in [6, 6.07) is 11.1. The largest absolute Gasteiger partial charge is 0.493 e. The van der Waals surface area contributed by atoms with Gasteiger partial charge in [-0.3, -0.25) is 4.79 Å². The third-order valence-electron chi connectivity index (χ3n) is 4.59. The van der Waals surface area contributed by atoms with E-state index >= 15 is 0 Å². The molecule has 2 rings (SSSR count). The number of hydrogen-bond donors (Lipinski definition) is 1. The number of halogens is 1. The molecule has 0 bridgehead atoms. The highest BCUT2D eigenvalue weighted by Crippen LogP contribution is 2.30. The monoisotopic (exact) mass is 375 g/mol. The average molecular weight is 375 g/mol. The van der Waals surface area contributed by atoms with E-state index in [1.54, 1.807) is 44.5 Å². The molecule has 0 spiro atoms. The van der Waals surface area contributed by atoms with Gasteiger partial charge in [-0.1, -0.05) is 25.1 Å². The Morgan fingerprint density at radius 2 is 1.67 bits per heavy atom. The highest BCUT2D eigenvalue weighted by Gasteiger charge is 2.24. The SMILES string of the molecule is CCC(C(=O)N(C)CC(O)c1ccc(OC)c(OC)c1)c1ccc(F)cc1. The predicted molar refractivity (Wildman–Crippen MR) is 102 cm³/mol. The second-order valence-corrected chi connectivity index (χ2v) is 6.36. The zero-order chi connectivity index (χ0) is 20.0. The van der Waals surface area contributed by atoms with Crippen molar-refractivity contribution in [2.24, 2.45) is 0 Å². The lowest BCUT2D eigenvalue weighted by molar-refractivity contribution is -0.132. The number of nitrogens with zero attached hydrogens (tertiary/aromatic N) is 1. The number of methoxy groups -OCH3 is 2. The molecule has 2 aromatic carbocycles. The summed E-state index contributed by atoms with van der Waals surface area (Å²) < 4.78 is 23.6. The number of likely N-dealkylation sites (N-methyl/N-ethyl adjacent to an activating group) is 1. The maximum Gasteiger partial charge on any atom is 0.229 e. The summed E-state index contributed by atoms with van der Waals surface area (Å²) in [5.41, 5.74) is 1.39. The number of carbonyl (C=O) groups is 1. The van der Waals surface area contributed by atoms with Gasteiger partial charge in [-0.05, 0) is 41.8 Å². The lowest BCUT2D eigenvalue weighted by Gasteiger charge is -2.26. The summed E-state index contributed by atoms with van der Waals surface area (Å²) >= 11 is 0. The Morgan fingerprint density at radius 1 is 1.07 bits per heavy atom. The molecule has 0 aromatic heterocycles. The molecule has 0 aliphatic carbocycles. The first kappa shape index (κ1) is 20.7. The summed E-state index contributed by atoms with van der Waals surface area (Å²) in [5, 5.41) is 10.5. The van der Waals surface area contributed by atoms with E-state index in [1.807, 2.05) is 6.92 Å². The molecular weight excluding hydrogens is 349 g/mol. The second-order valence-electron chi connectivity index (χ2n) is 6.36. The highest BCUT2D eigenvalue weighted by atomic mass is 19.1. The molecule has 146 valence electrons. The van der Waals surface area contributed by atoms with Gasteiger partial charge in [0.15, 0.2) is 11.5 Å². The van der Waals surface area contributed by atoms with Crippen molar-refractivity contribution in [3.05, 3.63) is 59.4 Å². The Kier molecular flexibility index (Phi) is 7.19. The summed E-state index contributed by atoms with van der Waals surface area (Å²) in [6.45, 7) is 2.04. The molecule has 2 unspecified atom stereocenters. The second kappa shape index (κ2) is 9.37. The van der Waals surface area contributed by atoms with Crippen molar-refractivity contribution in [2.75, 3.05) is 27.8 Å². The van der Waals surface area contributed by atoms with Crippen molar-refractivity contribution in [1.82, 2.24) is 4.90 Å². The molecule has 0 radical (unpaired) electrons. The lowest BCUT2D eigenvalue weighted by Crippen LogP contribution is -2.34. The molecule has 27 heavy (non-hydrogen) atoms. The van der Waals surface area contributed by atoms with Gasteiger partial charge in [0, 0.05) is 7.05 Å². The van der Waals surface area contributed by atoms with Crippen LogP contribution in [0, 0.1) is 5.82 Å². The van der Waals surface area contributed by atoms with Crippen LogP contribution < -0.4 is 9.47 Å². The third-order valence-corrected chi connectivity index (χ3v) is 4.59. The number of rotatable bonds is 8. The molecule has 0 saturated carbocycles. The third kappa shape index (κ3) is 4.98. The van der Waals surface area contributed by atoms with E-state index in [2.05, 4.69) is 0 Å². The molecule has 1 N–H and O–H groups in total. The lowest BCUT2D eigenvalue weighted by atomic mass is 9.95. The first-order valence-corrected chi connectivity index (χ1v) is 8.81. The van der Waals surface area contributed by atoms with Gasteiger partial charge in [-0.25, -0.2) is 4.39 Å². The van der Waals surface area contributed by atoms with E-state index in [0.717, 1.165) is 5.56 Å². The van der Waals surface area contributed by atoms with Gasteiger partial charge in [-0.2, -0.15) is 0 Å². The number of hydrogen-bond acceptors (Lipinski definition) is 4. The van der Waals surface area contributed by atoms with E-state index in [4.69, 9.17) is 9.47 Å². The maximum atomic E-state index is 13.1. The summed E-state index contributed by atoms with van der Waals surface area (Å²) in [6.07, 6.45) is -0.286. The molecule has 1 amide bonds. The van der Waals surface area contributed by atoms with Crippen LogP contribution >= 0.6 is 0 Å². The van der Waals surface area contributed by atoms with Crippen LogP contribution in [-0.2, 0) is 4.79 Å². The van der Waals surface area contributed by atoms with Crippen molar-refractivity contribution in [3.63, 3.8) is 0 Å². The van der Waals surface area contributed by atoms with Gasteiger partial charge in [0.2, 0.25) is 5.91 Å². The Morgan fingerprint density at radius 3 is 2.22 bits per heavy atom. The zero-order valence-corrected chi connectivity index (χ0v) is 16.1. The van der Waals surface area contributed by atoms with Crippen LogP contribution in [0.2, 0.25) is 0 Å². The normalized spacial score (nSPS) is 13.0. The van der Waals surface area contributed by atoms with Gasteiger partial charge >= 0.3 is 0 Å². The molecular formula is C21H26FNO4. The molecule has 2 aromatic rings. The van der Waals surface area contributed by atoms with E-state index in [1.165, 1.54) is 24.1 Å². The zero-order valence-electron chi connectivity index (χ0n) is 16.1. The minimum atomic E-state index is -0.871. The van der Waals surface area contributed by atoms with Gasteiger partial charge in [0.05, 0.1) is 32.8 Å². The van der Waals surface area contributed by atoms with E-state index in [9.17, 15) is 14.3 Å². The number of carbonyl (C=O) groups excluding carboxylic acids is 1. The Hall–Kier alpha value is -2.60. The van der Waals surface area contributed by atoms with Crippen LogP contribution in [0.1, 0.15) is 36.5 Å². The Balaban J connectivity index is 2.11. The molecule has 0 aliphatic heterocycles. The molecule has 0 aliphatic rings. The molecule has 5 nitrogen and oxygen atoms in total. The fourth-order valence-electron chi connectivity index (χ4n) is 3.03. The molecule has 0 heterocycles. The van der Waals surface area contributed by atoms with Crippen LogP contribution in [0.25, 0.3) is 0 Å². The quantitative estimate of drug-likeness (QED) is 0.767. The van der Waals surface area contributed by atoms with E-state index < -0.39 is 6.10 Å². The van der Waals surface area contributed by atoms with Crippen LogP contribution in [0.15, 0.2) is 42.5 Å². The van der Waals surface area contributed by atoms with Crippen molar-refractivity contribution >= 4 is 5.91 Å². The van der Waals surface area contributed by atoms with Gasteiger partial charge < -0.3 is 19.5 Å². The van der Waals surface area contributed by atoms with E-state index in [-0.39, 0.29) is 24.2 Å².